The van der Waals surface area contributed by atoms with Gasteiger partial charge in [0.2, 0.25) is 0 Å². The van der Waals surface area contributed by atoms with Crippen molar-refractivity contribution in [2.24, 2.45) is 5.92 Å². The first-order chi connectivity index (χ1) is 18.0. The molecule has 0 unspecified atom stereocenters. The molecule has 1 N–H and O–H groups in total. The van der Waals surface area contributed by atoms with Gasteiger partial charge in [0.25, 0.3) is 5.91 Å². The van der Waals surface area contributed by atoms with Gasteiger partial charge in [0.05, 0.1) is 6.61 Å². The van der Waals surface area contributed by atoms with Crippen molar-refractivity contribution < 1.29 is 9.53 Å². The largest absolute Gasteiger partial charge is 0.381 e. The van der Waals surface area contributed by atoms with Crippen LogP contribution < -0.4 is 0 Å². The van der Waals surface area contributed by atoms with Crippen molar-refractivity contribution >= 4 is 16.9 Å². The molecule has 2 aromatic carbocycles. The van der Waals surface area contributed by atoms with Crippen LogP contribution in [0.3, 0.4) is 0 Å². The minimum atomic E-state index is 0.0507. The molecule has 0 aliphatic carbocycles. The Bertz CT molecular complexity index is 1450. The minimum Gasteiger partial charge on any atom is -0.381 e. The molecule has 0 saturated carbocycles. The fourth-order valence-corrected chi connectivity index (χ4v) is 5.84. The van der Waals surface area contributed by atoms with Gasteiger partial charge in [0.1, 0.15) is 5.65 Å². The summed E-state index contributed by atoms with van der Waals surface area (Å²) in [5.74, 6) is 0.482. The molecule has 0 spiro atoms. The summed E-state index contributed by atoms with van der Waals surface area (Å²) in [4.78, 5) is 25.2. The number of hydrogen-bond acceptors (Lipinski definition) is 4. The predicted molar refractivity (Wildman–Crippen MR) is 148 cm³/mol. The number of likely N-dealkylation sites (N-methyl/N-ethyl adjacent to an activating group) is 1. The summed E-state index contributed by atoms with van der Waals surface area (Å²) in [6.45, 7) is 6.60. The zero-order valence-corrected chi connectivity index (χ0v) is 21.9. The smallest absolute Gasteiger partial charge is 0.253 e. The monoisotopic (exact) mass is 494 g/mol. The molecular weight excluding hydrogens is 460 g/mol. The van der Waals surface area contributed by atoms with E-state index >= 15 is 0 Å². The molecular formula is C31H34N4O2. The second kappa shape index (κ2) is 9.77. The first-order valence-corrected chi connectivity index (χ1v) is 13.2. The number of aromatic nitrogens is 2. The molecule has 4 aromatic rings. The number of rotatable bonds is 5. The third-order valence-corrected chi connectivity index (χ3v) is 7.96. The normalized spacial score (nSPS) is 17.8. The molecule has 1 saturated heterocycles. The van der Waals surface area contributed by atoms with Crippen LogP contribution in [-0.2, 0) is 17.7 Å². The van der Waals surface area contributed by atoms with E-state index in [2.05, 4.69) is 42.1 Å². The third kappa shape index (κ3) is 4.67. The molecule has 2 aliphatic rings. The lowest BCUT2D eigenvalue weighted by Crippen LogP contribution is -2.32. The number of hydrogen-bond donors (Lipinski definition) is 1. The molecule has 1 atom stereocenters. The second-order valence-electron chi connectivity index (χ2n) is 10.7. The SMILES string of the molecule is Cc1cc(-c2cnc3[nH]cc(-c4ccc(C(=O)N(C)C[C@H]5CCOC5)cc4)c3c2)cc2c1CCN(C)C2. The molecule has 0 radical (unpaired) electrons. The molecule has 6 heteroatoms. The van der Waals surface area contributed by atoms with E-state index in [4.69, 9.17) is 9.72 Å². The molecule has 2 aromatic heterocycles. The molecule has 1 fully saturated rings. The van der Waals surface area contributed by atoms with Crippen LogP contribution in [0.15, 0.2) is 54.9 Å². The maximum absolute atomic E-state index is 13.0. The highest BCUT2D eigenvalue weighted by Crippen LogP contribution is 2.33. The van der Waals surface area contributed by atoms with Gasteiger partial charge >= 0.3 is 0 Å². The van der Waals surface area contributed by atoms with Gasteiger partial charge in [-0.3, -0.25) is 4.79 Å². The average molecular weight is 495 g/mol. The Balaban J connectivity index is 1.27. The molecule has 6 nitrogen and oxygen atoms in total. The summed E-state index contributed by atoms with van der Waals surface area (Å²) in [6, 6.07) is 14.8. The Kier molecular flexibility index (Phi) is 6.31. The molecule has 4 heterocycles. The van der Waals surface area contributed by atoms with Gasteiger partial charge in [-0.1, -0.05) is 18.2 Å². The maximum atomic E-state index is 13.0. The van der Waals surface area contributed by atoms with Crippen molar-refractivity contribution in [2.75, 3.05) is 40.4 Å². The Morgan fingerprint density at radius 2 is 2.00 bits per heavy atom. The second-order valence-corrected chi connectivity index (χ2v) is 10.7. The number of aromatic amines is 1. The number of fused-ring (bicyclic) bond motifs is 2. The van der Waals surface area contributed by atoms with Gasteiger partial charge in [-0.15, -0.1) is 0 Å². The Morgan fingerprint density at radius 3 is 2.78 bits per heavy atom. The van der Waals surface area contributed by atoms with Crippen molar-refractivity contribution in [1.82, 2.24) is 19.8 Å². The van der Waals surface area contributed by atoms with Crippen LogP contribution in [-0.4, -0.2) is 66.1 Å². The Labute approximate surface area is 218 Å². The number of pyridine rings is 1. The standard InChI is InChI=1S/C31H34N4O2/c1-20-12-24(13-26-18-34(2)10-8-27(20)26)25-14-28-29(16-33-30(28)32-15-25)22-4-6-23(7-5-22)31(36)35(3)17-21-9-11-37-19-21/h4-7,12-16,21H,8-11,17-19H2,1-3H3,(H,32,33)/t21-/m1/s1. The molecule has 0 bridgehead atoms. The Hall–Kier alpha value is -3.48. The van der Waals surface area contributed by atoms with Crippen LogP contribution in [0.5, 0.6) is 0 Å². The van der Waals surface area contributed by atoms with Crippen LogP contribution >= 0.6 is 0 Å². The number of amides is 1. The fraction of sp³-hybridized carbons (Fsp3) is 0.355. The highest BCUT2D eigenvalue weighted by Gasteiger charge is 2.21. The molecule has 6 rings (SSSR count). The van der Waals surface area contributed by atoms with Gasteiger partial charge in [0, 0.05) is 73.7 Å². The number of nitrogens with one attached hydrogen (secondary N) is 1. The lowest BCUT2D eigenvalue weighted by molar-refractivity contribution is 0.0766. The van der Waals surface area contributed by atoms with Crippen molar-refractivity contribution in [3.8, 4) is 22.3 Å². The van der Waals surface area contributed by atoms with Gasteiger partial charge in [-0.2, -0.15) is 0 Å². The summed E-state index contributed by atoms with van der Waals surface area (Å²) in [5.41, 5.74) is 10.3. The van der Waals surface area contributed by atoms with Crippen LogP contribution in [0, 0.1) is 12.8 Å². The highest BCUT2D eigenvalue weighted by molar-refractivity contribution is 5.98. The minimum absolute atomic E-state index is 0.0507. The summed E-state index contributed by atoms with van der Waals surface area (Å²) >= 11 is 0. The number of H-pyrrole nitrogens is 1. The quantitative estimate of drug-likeness (QED) is 0.409. The van der Waals surface area contributed by atoms with Crippen molar-refractivity contribution in [2.45, 2.75) is 26.3 Å². The van der Waals surface area contributed by atoms with Crippen LogP contribution in [0.25, 0.3) is 33.3 Å². The van der Waals surface area contributed by atoms with Crippen molar-refractivity contribution in [3.05, 3.63) is 77.1 Å². The number of carbonyl (C=O) groups excluding carboxylic acids is 1. The number of aryl methyl sites for hydroxylation is 1. The van der Waals surface area contributed by atoms with E-state index in [0.29, 0.717) is 11.5 Å². The van der Waals surface area contributed by atoms with Gasteiger partial charge < -0.3 is 19.5 Å². The molecule has 190 valence electrons. The van der Waals surface area contributed by atoms with E-state index in [-0.39, 0.29) is 5.91 Å². The summed E-state index contributed by atoms with van der Waals surface area (Å²) in [5, 5.41) is 1.09. The predicted octanol–water partition coefficient (Wildman–Crippen LogP) is 5.30. The summed E-state index contributed by atoms with van der Waals surface area (Å²) in [6.07, 6.45) is 6.11. The first-order valence-electron chi connectivity index (χ1n) is 13.2. The lowest BCUT2D eigenvalue weighted by atomic mass is 9.91. The zero-order valence-electron chi connectivity index (χ0n) is 21.9. The number of benzene rings is 2. The molecule has 2 aliphatic heterocycles. The van der Waals surface area contributed by atoms with Crippen LogP contribution in [0.2, 0.25) is 0 Å². The van der Waals surface area contributed by atoms with Crippen LogP contribution in [0.1, 0.15) is 33.5 Å². The first kappa shape index (κ1) is 23.9. The summed E-state index contributed by atoms with van der Waals surface area (Å²) < 4.78 is 5.46. The van der Waals surface area contributed by atoms with Gasteiger partial charge in [-0.25, -0.2) is 4.98 Å². The van der Waals surface area contributed by atoms with E-state index < -0.39 is 0 Å². The number of nitrogens with zero attached hydrogens (tertiary/aromatic N) is 3. The van der Waals surface area contributed by atoms with Gasteiger partial charge in [0.15, 0.2) is 0 Å². The van der Waals surface area contributed by atoms with E-state index in [1.165, 1.54) is 22.3 Å². The average Bonchev–Trinajstić information content (AvgIpc) is 3.57. The van der Waals surface area contributed by atoms with Crippen LogP contribution in [0.4, 0.5) is 0 Å². The lowest BCUT2D eigenvalue weighted by Gasteiger charge is -2.27. The maximum Gasteiger partial charge on any atom is 0.253 e. The van der Waals surface area contributed by atoms with E-state index in [0.717, 1.165) is 73.4 Å². The van der Waals surface area contributed by atoms with E-state index in [1.807, 2.05) is 48.6 Å². The third-order valence-electron chi connectivity index (χ3n) is 7.96. The van der Waals surface area contributed by atoms with E-state index in [9.17, 15) is 4.79 Å². The number of carbonyl (C=O) groups is 1. The van der Waals surface area contributed by atoms with Crippen molar-refractivity contribution in [3.63, 3.8) is 0 Å². The molecule has 1 amide bonds. The Morgan fingerprint density at radius 1 is 1.16 bits per heavy atom. The fourth-order valence-electron chi connectivity index (χ4n) is 5.84. The molecule has 37 heavy (non-hydrogen) atoms. The van der Waals surface area contributed by atoms with Gasteiger partial charge in [-0.05, 0) is 78.9 Å². The highest BCUT2D eigenvalue weighted by atomic mass is 16.5. The topological polar surface area (TPSA) is 61.5 Å². The zero-order chi connectivity index (χ0) is 25.5. The van der Waals surface area contributed by atoms with Crippen molar-refractivity contribution in [1.29, 1.82) is 0 Å². The summed E-state index contributed by atoms with van der Waals surface area (Å²) in [7, 11) is 4.06. The van der Waals surface area contributed by atoms with E-state index in [1.54, 1.807) is 0 Å². The number of ether oxygens (including phenoxy) is 1.